The summed E-state index contributed by atoms with van der Waals surface area (Å²) in [6, 6.07) is 6.25. The highest BCUT2D eigenvalue weighted by atomic mass is 32.2. The highest BCUT2D eigenvalue weighted by molar-refractivity contribution is 7.98. The summed E-state index contributed by atoms with van der Waals surface area (Å²) < 4.78 is 87.6. The highest BCUT2D eigenvalue weighted by Gasteiger charge is 2.39. The van der Waals surface area contributed by atoms with E-state index < -0.39 is 39.4 Å². The van der Waals surface area contributed by atoms with Crippen LogP contribution in [0.4, 0.5) is 28.9 Å². The molecule has 0 fully saturated rings. The van der Waals surface area contributed by atoms with E-state index in [1.807, 2.05) is 6.26 Å². The molecule has 30 heavy (non-hydrogen) atoms. The number of ether oxygens (including phenoxy) is 1. The maximum atomic E-state index is 13.6. The van der Waals surface area contributed by atoms with E-state index in [0.717, 1.165) is 19.2 Å². The van der Waals surface area contributed by atoms with E-state index in [9.17, 15) is 26.0 Å². The van der Waals surface area contributed by atoms with Crippen LogP contribution in [0, 0.1) is 5.82 Å². The van der Waals surface area contributed by atoms with Crippen LogP contribution in [0.5, 0.6) is 5.75 Å². The molecule has 164 valence electrons. The molecule has 0 radical (unpaired) electrons. The maximum Gasteiger partial charge on any atom is 0.420 e. The number of nitrogens with zero attached hydrogens (tertiary/aromatic N) is 1. The zero-order chi connectivity index (χ0) is 22.1. The highest BCUT2D eigenvalue weighted by Crippen LogP contribution is 2.44. The van der Waals surface area contributed by atoms with Gasteiger partial charge in [-0.15, -0.1) is 0 Å². The van der Waals surface area contributed by atoms with Crippen molar-refractivity contribution >= 4 is 33.2 Å². The number of nitrogens with one attached hydrogen (secondary N) is 1. The number of sulfonamides is 1. The van der Waals surface area contributed by atoms with Gasteiger partial charge in [-0.25, -0.2) is 17.5 Å². The van der Waals surface area contributed by atoms with Crippen LogP contribution in [-0.4, -0.2) is 40.1 Å². The van der Waals surface area contributed by atoms with Crippen molar-refractivity contribution < 1.29 is 30.7 Å². The molecule has 0 spiro atoms. The molecule has 1 heterocycles. The summed E-state index contributed by atoms with van der Waals surface area (Å²) >= 11 is 1.53. The lowest BCUT2D eigenvalue weighted by atomic mass is 10.1. The molecular formula is C19H20F4N2O3S2. The molecule has 1 N–H and O–H groups in total. The molecule has 1 aliphatic heterocycles. The zero-order valence-electron chi connectivity index (χ0n) is 16.2. The topological polar surface area (TPSA) is 58.6 Å². The summed E-state index contributed by atoms with van der Waals surface area (Å²) in [6.45, 7) is 0.0854. The van der Waals surface area contributed by atoms with E-state index in [2.05, 4.69) is 4.72 Å². The van der Waals surface area contributed by atoms with Gasteiger partial charge in [-0.1, -0.05) is 0 Å². The van der Waals surface area contributed by atoms with E-state index in [4.69, 9.17) is 4.74 Å². The molecule has 1 atom stereocenters. The number of benzene rings is 2. The number of hydrogen-bond acceptors (Lipinski definition) is 5. The van der Waals surface area contributed by atoms with Gasteiger partial charge in [-0.2, -0.15) is 24.9 Å². The molecule has 0 unspecified atom stereocenters. The van der Waals surface area contributed by atoms with Gasteiger partial charge in [0.05, 0.1) is 18.4 Å². The van der Waals surface area contributed by atoms with Crippen molar-refractivity contribution in [2.75, 3.05) is 30.6 Å². The van der Waals surface area contributed by atoms with E-state index in [1.165, 1.54) is 40.9 Å². The lowest BCUT2D eigenvalue weighted by Gasteiger charge is -2.28. The van der Waals surface area contributed by atoms with Crippen LogP contribution >= 0.6 is 11.8 Å². The zero-order valence-corrected chi connectivity index (χ0v) is 17.8. The first-order chi connectivity index (χ1) is 14.1. The third-order valence-electron chi connectivity index (χ3n) is 4.70. The molecule has 2 aromatic rings. The van der Waals surface area contributed by atoms with Crippen molar-refractivity contribution in [1.82, 2.24) is 4.72 Å². The number of alkyl halides is 3. The van der Waals surface area contributed by atoms with Crippen molar-refractivity contribution in [2.24, 2.45) is 0 Å². The van der Waals surface area contributed by atoms with Crippen molar-refractivity contribution in [1.29, 1.82) is 0 Å². The smallest absolute Gasteiger partial charge is 0.420 e. The quantitative estimate of drug-likeness (QED) is 0.665. The Balaban J connectivity index is 2.25. The first kappa shape index (κ1) is 22.7. The van der Waals surface area contributed by atoms with E-state index in [-0.39, 0.29) is 17.1 Å². The number of methoxy groups -OCH3 is 1. The summed E-state index contributed by atoms with van der Waals surface area (Å²) in [4.78, 5) is 1.13. The number of anilines is 2. The van der Waals surface area contributed by atoms with Crippen LogP contribution in [0.3, 0.4) is 0 Å². The molecule has 5 nitrogen and oxygen atoms in total. The monoisotopic (exact) mass is 464 g/mol. The normalized spacial score (nSPS) is 18.6. The van der Waals surface area contributed by atoms with Crippen molar-refractivity contribution in [3.8, 4) is 5.75 Å². The second kappa shape index (κ2) is 8.64. The number of thioether (sulfide) groups is 1. The van der Waals surface area contributed by atoms with Crippen molar-refractivity contribution in [3.05, 3.63) is 47.8 Å². The lowest BCUT2D eigenvalue weighted by molar-refractivity contribution is -0.138. The summed E-state index contributed by atoms with van der Waals surface area (Å²) in [7, 11) is -3.08. The van der Waals surface area contributed by atoms with Gasteiger partial charge in [0.1, 0.15) is 16.5 Å². The molecule has 0 bridgehead atoms. The van der Waals surface area contributed by atoms with Gasteiger partial charge in [0.15, 0.2) is 0 Å². The van der Waals surface area contributed by atoms with Crippen molar-refractivity contribution in [3.63, 3.8) is 0 Å². The Morgan fingerprint density at radius 1 is 1.23 bits per heavy atom. The number of fused-ring (bicyclic) bond motifs is 1. The Kier molecular flexibility index (Phi) is 6.54. The maximum absolute atomic E-state index is 13.6. The second-order valence-electron chi connectivity index (χ2n) is 6.70. The molecule has 0 amide bonds. The average Bonchev–Trinajstić information content (AvgIpc) is 2.79. The number of halogens is 4. The second-order valence-corrected chi connectivity index (χ2v) is 9.37. The van der Waals surface area contributed by atoms with Gasteiger partial charge in [-0.05, 0) is 48.8 Å². The summed E-state index contributed by atoms with van der Waals surface area (Å²) in [5, 5.41) is 0. The minimum atomic E-state index is -4.75. The molecule has 0 saturated heterocycles. The fourth-order valence-electron chi connectivity index (χ4n) is 3.28. The van der Waals surface area contributed by atoms with Crippen molar-refractivity contribution in [2.45, 2.75) is 23.5 Å². The third kappa shape index (κ3) is 4.68. The SMILES string of the molecule is COc1cc2c(cc1C(F)(F)F)N(c1ccc(F)cc1)C[C@@H](CCSC)NS2(=O)=O. The molecule has 2 aromatic carbocycles. The molecule has 0 saturated carbocycles. The Morgan fingerprint density at radius 2 is 1.90 bits per heavy atom. The minimum Gasteiger partial charge on any atom is -0.496 e. The summed E-state index contributed by atoms with van der Waals surface area (Å²) in [5.41, 5.74) is -0.855. The van der Waals surface area contributed by atoms with Crippen LogP contribution in [-0.2, 0) is 16.2 Å². The standard InChI is InChI=1S/C19H20F4N2O3S2/c1-28-17-10-18-16(9-15(17)19(21,22)23)25(14-5-3-12(20)4-6-14)11-13(7-8-29-2)24-30(18,26)27/h3-6,9-10,13,24H,7-8,11H2,1-2H3/t13-/m1/s1. The molecule has 11 heteroatoms. The van der Waals surface area contributed by atoms with E-state index in [0.29, 0.717) is 17.9 Å². The molecule has 0 aliphatic carbocycles. The molecule has 1 aliphatic rings. The molecular weight excluding hydrogens is 444 g/mol. The number of rotatable bonds is 5. The number of hydrogen-bond donors (Lipinski definition) is 1. The summed E-state index contributed by atoms with van der Waals surface area (Å²) in [5.74, 6) is -0.449. The molecule has 3 rings (SSSR count). The van der Waals surface area contributed by atoms with Crippen LogP contribution in [0.2, 0.25) is 0 Å². The van der Waals surface area contributed by atoms with Gasteiger partial charge in [0.25, 0.3) is 0 Å². The Morgan fingerprint density at radius 3 is 2.47 bits per heavy atom. The van der Waals surface area contributed by atoms with Crippen LogP contribution in [0.1, 0.15) is 12.0 Å². The largest absolute Gasteiger partial charge is 0.496 e. The van der Waals surface area contributed by atoms with E-state index in [1.54, 1.807) is 0 Å². The van der Waals surface area contributed by atoms with Gasteiger partial charge in [-0.3, -0.25) is 0 Å². The van der Waals surface area contributed by atoms with Gasteiger partial charge < -0.3 is 9.64 Å². The first-order valence-corrected chi connectivity index (χ1v) is 11.8. The van der Waals surface area contributed by atoms with Gasteiger partial charge >= 0.3 is 6.18 Å². The fourth-order valence-corrected chi connectivity index (χ4v) is 5.27. The average molecular weight is 465 g/mol. The summed E-state index contributed by atoms with van der Waals surface area (Å²) in [6.07, 6.45) is -2.41. The predicted molar refractivity (Wildman–Crippen MR) is 109 cm³/mol. The Labute approximate surface area is 176 Å². The first-order valence-electron chi connectivity index (χ1n) is 8.90. The molecule has 0 aromatic heterocycles. The third-order valence-corrected chi connectivity index (χ3v) is 6.89. The Hall–Kier alpha value is -1.98. The van der Waals surface area contributed by atoms with E-state index >= 15 is 0 Å². The predicted octanol–water partition coefficient (Wildman–Crippen LogP) is 4.40. The van der Waals surface area contributed by atoms with Crippen LogP contribution in [0.25, 0.3) is 0 Å². The van der Waals surface area contributed by atoms with Crippen LogP contribution in [0.15, 0.2) is 41.3 Å². The fraction of sp³-hybridized carbons (Fsp3) is 0.368. The minimum absolute atomic E-state index is 0.0854. The van der Waals surface area contributed by atoms with Crippen LogP contribution < -0.4 is 14.4 Å². The lowest BCUT2D eigenvalue weighted by Crippen LogP contribution is -2.39. The van der Waals surface area contributed by atoms with Gasteiger partial charge in [0.2, 0.25) is 10.0 Å². The van der Waals surface area contributed by atoms with Gasteiger partial charge in [0, 0.05) is 24.3 Å². The Bertz CT molecular complexity index is 1010.